The van der Waals surface area contributed by atoms with E-state index in [1.807, 2.05) is 12.1 Å². The highest BCUT2D eigenvalue weighted by molar-refractivity contribution is 7.07. The van der Waals surface area contributed by atoms with E-state index in [9.17, 15) is 0 Å². The Hall–Kier alpha value is -0.610. The predicted molar refractivity (Wildman–Crippen MR) is 76.2 cm³/mol. The van der Waals surface area contributed by atoms with Gasteiger partial charge in [-0.2, -0.15) is 11.3 Å². The lowest BCUT2D eigenvalue weighted by Gasteiger charge is -2.05. The summed E-state index contributed by atoms with van der Waals surface area (Å²) < 4.78 is 0. The highest BCUT2D eigenvalue weighted by Crippen LogP contribution is 2.11. The van der Waals surface area contributed by atoms with Crippen molar-refractivity contribution in [3.63, 3.8) is 0 Å². The fraction of sp³-hybridized carbons (Fsp3) is 0.250. The number of halogens is 2. The van der Waals surface area contributed by atoms with Crippen LogP contribution < -0.4 is 5.32 Å². The molecule has 0 aliphatic heterocycles. The lowest BCUT2D eigenvalue weighted by molar-refractivity contribution is 0.686. The minimum atomic E-state index is 0. The smallest absolute Gasteiger partial charge is 0.133 e. The third-order valence-electron chi connectivity index (χ3n) is 2.32. The van der Waals surface area contributed by atoms with E-state index in [2.05, 4.69) is 27.1 Å². The van der Waals surface area contributed by atoms with Crippen molar-refractivity contribution in [2.45, 2.75) is 13.0 Å². The number of nitrogens with one attached hydrogen (secondary N) is 1. The third-order valence-corrected chi connectivity index (χ3v) is 3.39. The van der Waals surface area contributed by atoms with Crippen LogP contribution in [0.3, 0.4) is 0 Å². The van der Waals surface area contributed by atoms with Crippen LogP contribution in [0.15, 0.2) is 35.2 Å². The Labute approximate surface area is 116 Å². The number of nitrogens with zero attached hydrogens (tertiary/aromatic N) is 1. The van der Waals surface area contributed by atoms with E-state index >= 15 is 0 Å². The average Bonchev–Trinajstić information content (AvgIpc) is 2.79. The van der Waals surface area contributed by atoms with Gasteiger partial charge in [-0.15, -0.1) is 12.4 Å². The van der Waals surface area contributed by atoms with Crippen molar-refractivity contribution >= 4 is 35.3 Å². The van der Waals surface area contributed by atoms with Crippen LogP contribution in [0.5, 0.6) is 0 Å². The first-order valence-corrected chi connectivity index (χ1v) is 6.49. The number of rotatable bonds is 5. The molecule has 2 nitrogen and oxygen atoms in total. The van der Waals surface area contributed by atoms with Crippen LogP contribution in [0.2, 0.25) is 5.15 Å². The number of thiophene rings is 1. The van der Waals surface area contributed by atoms with Gasteiger partial charge in [0.15, 0.2) is 0 Å². The fourth-order valence-electron chi connectivity index (χ4n) is 1.44. The second kappa shape index (κ2) is 7.67. The Kier molecular flexibility index (Phi) is 6.52. The van der Waals surface area contributed by atoms with Crippen LogP contribution in [0.1, 0.15) is 11.1 Å². The summed E-state index contributed by atoms with van der Waals surface area (Å²) in [4.78, 5) is 4.03. The fourth-order valence-corrected chi connectivity index (χ4v) is 2.33. The van der Waals surface area contributed by atoms with Gasteiger partial charge >= 0.3 is 0 Å². The van der Waals surface area contributed by atoms with E-state index in [-0.39, 0.29) is 12.4 Å². The summed E-state index contributed by atoms with van der Waals surface area (Å²) in [6.07, 6.45) is 2.76. The quantitative estimate of drug-likeness (QED) is 0.672. The Balaban J connectivity index is 0.00000144. The lowest BCUT2D eigenvalue weighted by atomic mass is 10.2. The molecule has 1 N–H and O–H groups in total. The molecule has 0 aliphatic rings. The Morgan fingerprint density at radius 1 is 1.35 bits per heavy atom. The van der Waals surface area contributed by atoms with Gasteiger partial charge in [-0.3, -0.25) is 0 Å². The van der Waals surface area contributed by atoms with Crippen molar-refractivity contribution in [2.24, 2.45) is 0 Å². The van der Waals surface area contributed by atoms with Gasteiger partial charge in [-0.1, -0.05) is 17.7 Å². The van der Waals surface area contributed by atoms with Crippen molar-refractivity contribution in [3.8, 4) is 0 Å². The third kappa shape index (κ3) is 4.64. The average molecular weight is 289 g/mol. The normalized spacial score (nSPS) is 9.94. The number of pyridine rings is 1. The number of hydrogen-bond acceptors (Lipinski definition) is 3. The summed E-state index contributed by atoms with van der Waals surface area (Å²) in [5.41, 5.74) is 2.43. The zero-order valence-corrected chi connectivity index (χ0v) is 11.6. The molecule has 92 valence electrons. The SMILES string of the molecule is Cl.Clc1ncccc1CNCCc1ccsc1. The van der Waals surface area contributed by atoms with E-state index in [1.165, 1.54) is 5.56 Å². The summed E-state index contributed by atoms with van der Waals surface area (Å²) in [5, 5.41) is 8.23. The van der Waals surface area contributed by atoms with E-state index in [0.29, 0.717) is 5.15 Å². The molecule has 2 heterocycles. The summed E-state index contributed by atoms with van der Waals surface area (Å²) in [5.74, 6) is 0. The molecule has 5 heteroatoms. The monoisotopic (exact) mass is 288 g/mol. The summed E-state index contributed by atoms with van der Waals surface area (Å²) in [6.45, 7) is 1.73. The molecule has 0 atom stereocenters. The Morgan fingerprint density at radius 3 is 2.94 bits per heavy atom. The molecule has 0 radical (unpaired) electrons. The topological polar surface area (TPSA) is 24.9 Å². The van der Waals surface area contributed by atoms with Crippen LogP contribution >= 0.6 is 35.3 Å². The van der Waals surface area contributed by atoms with Crippen molar-refractivity contribution in [2.75, 3.05) is 6.54 Å². The van der Waals surface area contributed by atoms with Gasteiger partial charge < -0.3 is 5.32 Å². The molecule has 2 rings (SSSR count). The van der Waals surface area contributed by atoms with Gasteiger partial charge in [0.1, 0.15) is 5.15 Å². The molecule has 0 saturated heterocycles. The predicted octanol–water partition coefficient (Wildman–Crippen LogP) is 3.55. The highest BCUT2D eigenvalue weighted by atomic mass is 35.5. The van der Waals surface area contributed by atoms with Crippen molar-refractivity contribution in [1.82, 2.24) is 10.3 Å². The molecule has 0 spiro atoms. The maximum absolute atomic E-state index is 5.95. The minimum Gasteiger partial charge on any atom is -0.312 e. The second-order valence-electron chi connectivity index (χ2n) is 3.51. The largest absolute Gasteiger partial charge is 0.312 e. The molecule has 0 aliphatic carbocycles. The first kappa shape index (κ1) is 14.5. The molecule has 17 heavy (non-hydrogen) atoms. The molecule has 0 aromatic carbocycles. The van der Waals surface area contributed by atoms with Gasteiger partial charge in [0.2, 0.25) is 0 Å². The van der Waals surface area contributed by atoms with Crippen molar-refractivity contribution in [3.05, 3.63) is 51.4 Å². The van der Waals surface area contributed by atoms with Crippen molar-refractivity contribution in [1.29, 1.82) is 0 Å². The minimum absolute atomic E-state index is 0. The summed E-state index contributed by atoms with van der Waals surface area (Å²) >= 11 is 7.69. The zero-order chi connectivity index (χ0) is 11.2. The van der Waals surface area contributed by atoms with E-state index in [1.54, 1.807) is 17.5 Å². The molecule has 0 fully saturated rings. The molecule has 0 unspecified atom stereocenters. The summed E-state index contributed by atoms with van der Waals surface area (Å²) in [6, 6.07) is 6.05. The van der Waals surface area contributed by atoms with Crippen LogP contribution in [0.25, 0.3) is 0 Å². The van der Waals surface area contributed by atoms with Gasteiger partial charge in [-0.05, 0) is 41.4 Å². The van der Waals surface area contributed by atoms with Crippen molar-refractivity contribution < 1.29 is 0 Å². The van der Waals surface area contributed by atoms with Gasteiger partial charge in [0, 0.05) is 18.3 Å². The zero-order valence-electron chi connectivity index (χ0n) is 9.23. The van der Waals surface area contributed by atoms with Gasteiger partial charge in [0.05, 0.1) is 0 Å². The molecule has 2 aromatic heterocycles. The Morgan fingerprint density at radius 2 is 2.24 bits per heavy atom. The van der Waals surface area contributed by atoms with Gasteiger partial charge in [0.25, 0.3) is 0 Å². The number of aromatic nitrogens is 1. The molecular weight excluding hydrogens is 275 g/mol. The van der Waals surface area contributed by atoms with E-state index in [4.69, 9.17) is 11.6 Å². The van der Waals surface area contributed by atoms with E-state index in [0.717, 1.165) is 25.1 Å². The molecule has 0 amide bonds. The van der Waals surface area contributed by atoms with Crippen LogP contribution in [-0.4, -0.2) is 11.5 Å². The molecular formula is C12H14Cl2N2S. The van der Waals surface area contributed by atoms with Gasteiger partial charge in [-0.25, -0.2) is 4.98 Å². The number of hydrogen-bond donors (Lipinski definition) is 1. The maximum Gasteiger partial charge on any atom is 0.133 e. The Bertz CT molecular complexity index is 432. The summed E-state index contributed by atoms with van der Waals surface area (Å²) in [7, 11) is 0. The van der Waals surface area contributed by atoms with Crippen LogP contribution in [0.4, 0.5) is 0 Å². The maximum atomic E-state index is 5.95. The molecule has 2 aromatic rings. The van der Waals surface area contributed by atoms with Crippen LogP contribution in [0, 0.1) is 0 Å². The molecule has 0 saturated carbocycles. The molecule has 0 bridgehead atoms. The highest BCUT2D eigenvalue weighted by Gasteiger charge is 1.99. The second-order valence-corrected chi connectivity index (χ2v) is 4.65. The standard InChI is InChI=1S/C12H13ClN2S.ClH/c13-12-11(2-1-5-15-12)8-14-6-3-10-4-7-16-9-10;/h1-2,4-5,7,9,14H,3,6,8H2;1H. The first-order chi connectivity index (χ1) is 7.86. The first-order valence-electron chi connectivity index (χ1n) is 5.17. The van der Waals surface area contributed by atoms with E-state index < -0.39 is 0 Å². The van der Waals surface area contributed by atoms with Crippen LogP contribution in [-0.2, 0) is 13.0 Å². The lowest BCUT2D eigenvalue weighted by Crippen LogP contribution is -2.16.